The minimum Gasteiger partial charge on any atom is -0.0836 e. The van der Waals surface area contributed by atoms with Crippen molar-refractivity contribution in [3.05, 3.63) is 54.1 Å². The van der Waals surface area contributed by atoms with Gasteiger partial charge >= 0.3 is 0 Å². The maximum absolute atomic E-state index is 3.64. The number of hydrogen-bond donors (Lipinski definition) is 0. The maximum atomic E-state index is 3.64. The van der Waals surface area contributed by atoms with Crippen molar-refractivity contribution >= 4 is 13.2 Å². The Morgan fingerprint density at radius 3 is 2.04 bits per heavy atom. The number of hydrogen-bond acceptors (Lipinski definition) is 0. The van der Waals surface area contributed by atoms with Crippen LogP contribution in [0.2, 0.25) is 0 Å². The first-order valence-electron chi connectivity index (χ1n) is 10.5. The lowest BCUT2D eigenvalue weighted by molar-refractivity contribution is 0.487. The Labute approximate surface area is 155 Å². The third-order valence-corrected chi connectivity index (χ3v) is 10.00. The van der Waals surface area contributed by atoms with Crippen LogP contribution in [0.5, 0.6) is 0 Å². The Kier molecular flexibility index (Phi) is 6.09. The van der Waals surface area contributed by atoms with Crippen molar-refractivity contribution in [3.8, 4) is 0 Å². The summed E-state index contributed by atoms with van der Waals surface area (Å²) in [5.41, 5.74) is 3.57. The van der Waals surface area contributed by atoms with Gasteiger partial charge < -0.3 is 0 Å². The highest BCUT2D eigenvalue weighted by molar-refractivity contribution is 7.67. The van der Waals surface area contributed by atoms with E-state index in [0.29, 0.717) is 5.92 Å². The fourth-order valence-electron chi connectivity index (χ4n) is 5.17. The van der Waals surface area contributed by atoms with Gasteiger partial charge in [0.15, 0.2) is 0 Å². The summed E-state index contributed by atoms with van der Waals surface area (Å²) >= 11 is 0. The molecule has 1 radical (unpaired) electrons. The third-order valence-electron chi connectivity index (χ3n) is 6.43. The van der Waals surface area contributed by atoms with Crippen LogP contribution in [0.25, 0.3) is 0 Å². The molecule has 0 amide bonds. The maximum Gasteiger partial charge on any atom is 0.0133 e. The Morgan fingerprint density at radius 2 is 1.44 bits per heavy atom. The van der Waals surface area contributed by atoms with Crippen LogP contribution in [0.4, 0.5) is 0 Å². The molecule has 1 atom stereocenters. The van der Waals surface area contributed by atoms with E-state index < -0.39 is 0 Å². The molecular weight excluding hydrogens is 319 g/mol. The molecule has 4 rings (SSSR count). The summed E-state index contributed by atoms with van der Waals surface area (Å²) in [6.07, 6.45) is 26.1. The van der Waals surface area contributed by atoms with E-state index in [1.165, 1.54) is 64.2 Å². The van der Waals surface area contributed by atoms with Crippen molar-refractivity contribution in [1.29, 1.82) is 0 Å². The van der Waals surface area contributed by atoms with E-state index in [4.69, 9.17) is 0 Å². The summed E-state index contributed by atoms with van der Waals surface area (Å²) in [5.74, 6) is 0.485. The van der Waals surface area contributed by atoms with Crippen LogP contribution >= 0.6 is 7.92 Å². The summed E-state index contributed by atoms with van der Waals surface area (Å²) < 4.78 is 0. The van der Waals surface area contributed by atoms with Gasteiger partial charge in [0.2, 0.25) is 0 Å². The van der Waals surface area contributed by atoms with Gasteiger partial charge in [-0.3, -0.25) is 0 Å². The highest BCUT2D eigenvalue weighted by Gasteiger charge is 2.34. The van der Waals surface area contributed by atoms with Gasteiger partial charge in [-0.2, -0.15) is 0 Å². The quantitative estimate of drug-likeness (QED) is 0.520. The SMILES string of the molecule is [C]1=CC=CCC1c1ccccc1P(C1CCCCC1)C1CCCCC1. The summed E-state index contributed by atoms with van der Waals surface area (Å²) in [6, 6.07) is 9.49. The zero-order valence-electron chi connectivity index (χ0n) is 15.5. The van der Waals surface area contributed by atoms with Gasteiger partial charge in [0.1, 0.15) is 0 Å². The lowest BCUT2D eigenvalue weighted by Crippen LogP contribution is -2.28. The van der Waals surface area contributed by atoms with Gasteiger partial charge in [0.25, 0.3) is 0 Å². The van der Waals surface area contributed by atoms with Crippen LogP contribution in [-0.2, 0) is 0 Å². The predicted octanol–water partition coefficient (Wildman–Crippen LogP) is 6.86. The van der Waals surface area contributed by atoms with Gasteiger partial charge in [-0.25, -0.2) is 0 Å². The van der Waals surface area contributed by atoms with Gasteiger partial charge in [0.05, 0.1) is 0 Å². The average Bonchev–Trinajstić information content (AvgIpc) is 2.71. The lowest BCUT2D eigenvalue weighted by atomic mass is 9.92. The molecule has 0 N–H and O–H groups in total. The molecule has 2 saturated carbocycles. The minimum atomic E-state index is -0.0157. The highest BCUT2D eigenvalue weighted by Crippen LogP contribution is 2.56. The van der Waals surface area contributed by atoms with Crippen LogP contribution in [0.1, 0.15) is 82.1 Å². The van der Waals surface area contributed by atoms with Crippen molar-refractivity contribution in [1.82, 2.24) is 0 Å². The first-order chi connectivity index (χ1) is 12.4. The normalized spacial score (nSPS) is 25.6. The number of rotatable bonds is 4. The Morgan fingerprint density at radius 1 is 0.800 bits per heavy atom. The minimum absolute atomic E-state index is 0.0157. The second-order valence-electron chi connectivity index (χ2n) is 8.10. The molecule has 0 saturated heterocycles. The molecule has 3 aliphatic carbocycles. The molecule has 0 heterocycles. The number of benzene rings is 1. The van der Waals surface area contributed by atoms with E-state index in [-0.39, 0.29) is 7.92 Å². The molecule has 0 bridgehead atoms. The molecule has 133 valence electrons. The van der Waals surface area contributed by atoms with Gasteiger partial charge in [-0.05, 0) is 60.4 Å². The molecule has 2 fully saturated rings. The zero-order valence-corrected chi connectivity index (χ0v) is 16.4. The fourth-order valence-corrected chi connectivity index (χ4v) is 9.18. The first kappa shape index (κ1) is 17.5. The topological polar surface area (TPSA) is 0 Å². The standard InChI is InChI=1S/C24H32P/c1-4-12-20(13-5-1)23-18-10-11-19-24(23)25(21-14-6-2-7-15-21)22-16-8-3-9-17-22/h1,4-5,10-11,18-22H,2-3,6-9,12,14-17H2. The summed E-state index contributed by atoms with van der Waals surface area (Å²) in [6.45, 7) is 0. The van der Waals surface area contributed by atoms with Crippen LogP contribution in [-0.4, -0.2) is 11.3 Å². The monoisotopic (exact) mass is 351 g/mol. The van der Waals surface area contributed by atoms with Crippen LogP contribution in [0, 0.1) is 6.08 Å². The average molecular weight is 351 g/mol. The molecule has 1 unspecified atom stereocenters. The molecule has 1 heteroatoms. The lowest BCUT2D eigenvalue weighted by Gasteiger charge is -2.40. The summed E-state index contributed by atoms with van der Waals surface area (Å²) in [4.78, 5) is 0. The number of allylic oxidation sites excluding steroid dienone is 4. The van der Waals surface area contributed by atoms with E-state index in [1.807, 2.05) is 0 Å². The van der Waals surface area contributed by atoms with E-state index in [2.05, 4.69) is 48.6 Å². The van der Waals surface area contributed by atoms with E-state index in [9.17, 15) is 0 Å². The van der Waals surface area contributed by atoms with Crippen LogP contribution < -0.4 is 5.30 Å². The third kappa shape index (κ3) is 4.11. The largest absolute Gasteiger partial charge is 0.0836 e. The second-order valence-corrected chi connectivity index (χ2v) is 10.9. The van der Waals surface area contributed by atoms with Gasteiger partial charge in [0, 0.05) is 5.92 Å². The van der Waals surface area contributed by atoms with E-state index >= 15 is 0 Å². The molecule has 25 heavy (non-hydrogen) atoms. The van der Waals surface area contributed by atoms with Crippen LogP contribution in [0.3, 0.4) is 0 Å². The van der Waals surface area contributed by atoms with Gasteiger partial charge in [-0.15, -0.1) is 0 Å². The molecule has 3 aliphatic rings. The predicted molar refractivity (Wildman–Crippen MR) is 111 cm³/mol. The van der Waals surface area contributed by atoms with Crippen molar-refractivity contribution < 1.29 is 0 Å². The fraction of sp³-hybridized carbons (Fsp3) is 0.583. The molecule has 0 aliphatic heterocycles. The Hall–Kier alpha value is -0.870. The molecule has 0 nitrogen and oxygen atoms in total. The van der Waals surface area contributed by atoms with Crippen LogP contribution in [0.15, 0.2) is 42.5 Å². The Balaban J connectivity index is 1.68. The molecule has 1 aromatic rings. The highest BCUT2D eigenvalue weighted by atomic mass is 31.1. The molecule has 0 spiro atoms. The van der Waals surface area contributed by atoms with Crippen molar-refractivity contribution in [3.63, 3.8) is 0 Å². The Bertz CT molecular complexity index is 584. The second kappa shape index (κ2) is 8.68. The molecule has 0 aromatic heterocycles. The molecular formula is C24H32P. The molecule has 1 aromatic carbocycles. The van der Waals surface area contributed by atoms with E-state index in [1.54, 1.807) is 10.9 Å². The van der Waals surface area contributed by atoms with Crippen molar-refractivity contribution in [2.75, 3.05) is 0 Å². The van der Waals surface area contributed by atoms with E-state index in [0.717, 1.165) is 17.7 Å². The summed E-state index contributed by atoms with van der Waals surface area (Å²) in [7, 11) is -0.0157. The van der Waals surface area contributed by atoms with Gasteiger partial charge in [-0.1, -0.05) is 88.9 Å². The first-order valence-corrected chi connectivity index (χ1v) is 12.0. The summed E-state index contributed by atoms with van der Waals surface area (Å²) in [5, 5.41) is 1.75. The van der Waals surface area contributed by atoms with Crippen molar-refractivity contribution in [2.24, 2.45) is 0 Å². The smallest absolute Gasteiger partial charge is 0.0133 e. The van der Waals surface area contributed by atoms with Crippen molar-refractivity contribution in [2.45, 2.75) is 87.9 Å². The zero-order chi connectivity index (χ0) is 16.9.